The first-order chi connectivity index (χ1) is 14.7. The molecule has 30 heavy (non-hydrogen) atoms. The van der Waals surface area contributed by atoms with Gasteiger partial charge in [0.05, 0.1) is 18.9 Å². The molecule has 0 aromatic heterocycles. The van der Waals surface area contributed by atoms with E-state index in [1.807, 2.05) is 19.9 Å². The largest absolute Gasteiger partial charge is 0.379 e. The third-order valence-corrected chi connectivity index (χ3v) is 6.13. The number of morpholine rings is 1. The van der Waals surface area contributed by atoms with Gasteiger partial charge in [0.1, 0.15) is 0 Å². The highest BCUT2D eigenvalue weighted by Gasteiger charge is 2.37. The molecule has 3 aliphatic rings. The Bertz CT molecular complexity index is 799. The summed E-state index contributed by atoms with van der Waals surface area (Å²) in [6.45, 7) is 14.8. The Morgan fingerprint density at radius 3 is 2.83 bits per heavy atom. The van der Waals surface area contributed by atoms with Gasteiger partial charge in [0.25, 0.3) is 0 Å². The number of hydrogen-bond acceptors (Lipinski definition) is 3. The standard InChI is InChI=1S/C25H32N2O.C2H6/c1-3-21-11-9-20(18-27-12-14-28-15-13-27)16-25(21)26-19(2)8-10-22-6-4-5-7-23-17-24(22)23;1-2/h3,5-7,9,11,16,23-24H,1,4,8,10,12-15,17-18H2,2H3;1-2H3. The summed E-state index contributed by atoms with van der Waals surface area (Å²) < 4.78 is 5.46. The van der Waals surface area contributed by atoms with Gasteiger partial charge >= 0.3 is 0 Å². The lowest BCUT2D eigenvalue weighted by molar-refractivity contribution is 0.0342. The Morgan fingerprint density at radius 2 is 2.07 bits per heavy atom. The van der Waals surface area contributed by atoms with Crippen molar-refractivity contribution in [2.75, 3.05) is 26.3 Å². The van der Waals surface area contributed by atoms with Gasteiger partial charge in [0, 0.05) is 25.3 Å². The SMILES string of the molecule is C=Cc1ccc(CN2CCOCC2)cc1N=C(C)CCC1=CCC=CC2CC12.CC. The Hall–Kier alpha value is -1.97. The van der Waals surface area contributed by atoms with Crippen molar-refractivity contribution in [3.05, 3.63) is 59.7 Å². The monoisotopic (exact) mass is 406 g/mol. The van der Waals surface area contributed by atoms with Crippen molar-refractivity contribution < 1.29 is 4.74 Å². The summed E-state index contributed by atoms with van der Waals surface area (Å²) in [4.78, 5) is 7.44. The molecule has 0 bridgehead atoms. The minimum atomic E-state index is 0.812. The lowest BCUT2D eigenvalue weighted by atomic mass is 10.0. The number of aliphatic imine (C=N–C) groups is 1. The van der Waals surface area contributed by atoms with E-state index in [0.29, 0.717) is 0 Å². The predicted octanol–water partition coefficient (Wildman–Crippen LogP) is 6.58. The molecule has 0 amide bonds. The van der Waals surface area contributed by atoms with Crippen molar-refractivity contribution in [2.24, 2.45) is 16.8 Å². The van der Waals surface area contributed by atoms with Crippen molar-refractivity contribution in [1.29, 1.82) is 0 Å². The molecule has 4 rings (SSSR count). The number of fused-ring (bicyclic) bond motifs is 1. The summed E-state index contributed by atoms with van der Waals surface area (Å²) in [5.41, 5.74) is 6.35. The van der Waals surface area contributed by atoms with Crippen LogP contribution in [0.3, 0.4) is 0 Å². The van der Waals surface area contributed by atoms with Crippen LogP contribution in [0.4, 0.5) is 5.69 Å². The first-order valence-corrected chi connectivity index (χ1v) is 11.7. The van der Waals surface area contributed by atoms with E-state index in [-0.39, 0.29) is 0 Å². The molecule has 2 unspecified atom stereocenters. The molecule has 2 fully saturated rings. The summed E-state index contributed by atoms with van der Waals surface area (Å²) in [5, 5.41) is 0. The van der Waals surface area contributed by atoms with Crippen LogP contribution in [0.2, 0.25) is 0 Å². The van der Waals surface area contributed by atoms with Crippen molar-refractivity contribution in [3.8, 4) is 0 Å². The molecule has 1 saturated carbocycles. The summed E-state index contributed by atoms with van der Waals surface area (Å²) in [6.07, 6.45) is 13.7. The molecular weight excluding hydrogens is 368 g/mol. The lowest BCUT2D eigenvalue weighted by Crippen LogP contribution is -2.35. The zero-order valence-corrected chi connectivity index (χ0v) is 19.1. The van der Waals surface area contributed by atoms with Gasteiger partial charge in [-0.25, -0.2) is 0 Å². The normalized spacial score (nSPS) is 23.6. The second-order valence-corrected chi connectivity index (χ2v) is 8.28. The minimum absolute atomic E-state index is 0.812. The van der Waals surface area contributed by atoms with E-state index in [1.165, 1.54) is 17.7 Å². The molecule has 162 valence electrons. The molecular formula is C27H38N2O. The fraction of sp³-hybridized carbons (Fsp3) is 0.519. The van der Waals surface area contributed by atoms with E-state index < -0.39 is 0 Å². The van der Waals surface area contributed by atoms with Gasteiger partial charge in [0.15, 0.2) is 0 Å². The van der Waals surface area contributed by atoms with Gasteiger partial charge < -0.3 is 4.74 Å². The van der Waals surface area contributed by atoms with Gasteiger partial charge in [-0.05, 0) is 61.6 Å². The van der Waals surface area contributed by atoms with Gasteiger partial charge in [0.2, 0.25) is 0 Å². The van der Waals surface area contributed by atoms with Crippen LogP contribution in [0.15, 0.2) is 53.6 Å². The van der Waals surface area contributed by atoms with Crippen LogP contribution in [0, 0.1) is 11.8 Å². The van der Waals surface area contributed by atoms with Crippen LogP contribution >= 0.6 is 0 Å². The topological polar surface area (TPSA) is 24.8 Å². The highest BCUT2D eigenvalue weighted by Crippen LogP contribution is 2.48. The van der Waals surface area contributed by atoms with E-state index >= 15 is 0 Å². The Morgan fingerprint density at radius 1 is 1.27 bits per heavy atom. The van der Waals surface area contributed by atoms with E-state index in [0.717, 1.165) is 75.2 Å². The third kappa shape index (κ3) is 6.26. The van der Waals surface area contributed by atoms with Crippen LogP contribution in [-0.4, -0.2) is 36.9 Å². The van der Waals surface area contributed by atoms with Crippen molar-refractivity contribution >= 4 is 17.5 Å². The van der Waals surface area contributed by atoms with Gasteiger partial charge in [-0.3, -0.25) is 9.89 Å². The van der Waals surface area contributed by atoms with Crippen LogP contribution in [0.5, 0.6) is 0 Å². The van der Waals surface area contributed by atoms with Crippen molar-refractivity contribution in [1.82, 2.24) is 4.90 Å². The lowest BCUT2D eigenvalue weighted by Gasteiger charge is -2.26. The molecule has 3 nitrogen and oxygen atoms in total. The number of rotatable bonds is 7. The molecule has 0 spiro atoms. The van der Waals surface area contributed by atoms with Gasteiger partial charge in [-0.2, -0.15) is 0 Å². The van der Waals surface area contributed by atoms with E-state index in [9.17, 15) is 0 Å². The molecule has 2 atom stereocenters. The number of benzene rings is 1. The molecule has 3 heteroatoms. The average molecular weight is 407 g/mol. The minimum Gasteiger partial charge on any atom is -0.379 e. The molecule has 1 heterocycles. The first-order valence-electron chi connectivity index (χ1n) is 11.7. The maximum Gasteiger partial charge on any atom is 0.0704 e. The molecule has 1 aliphatic heterocycles. The summed E-state index contributed by atoms with van der Waals surface area (Å²) in [7, 11) is 0. The smallest absolute Gasteiger partial charge is 0.0704 e. The maximum absolute atomic E-state index is 5.46. The molecule has 0 N–H and O–H groups in total. The van der Waals surface area contributed by atoms with E-state index in [1.54, 1.807) is 5.57 Å². The first kappa shape index (κ1) is 22.7. The van der Waals surface area contributed by atoms with Crippen LogP contribution < -0.4 is 0 Å². The molecule has 2 aliphatic carbocycles. The van der Waals surface area contributed by atoms with Gasteiger partial charge in [-0.15, -0.1) is 0 Å². The highest BCUT2D eigenvalue weighted by atomic mass is 16.5. The predicted molar refractivity (Wildman–Crippen MR) is 129 cm³/mol. The number of hydrogen-bond donors (Lipinski definition) is 0. The van der Waals surface area contributed by atoms with Crippen LogP contribution in [0.1, 0.15) is 57.6 Å². The summed E-state index contributed by atoms with van der Waals surface area (Å²) >= 11 is 0. The number of nitrogens with zero attached hydrogens (tertiary/aromatic N) is 2. The fourth-order valence-electron chi connectivity index (χ4n) is 4.33. The molecule has 1 aromatic carbocycles. The Labute approximate surface area is 183 Å². The highest BCUT2D eigenvalue weighted by molar-refractivity contribution is 5.86. The second-order valence-electron chi connectivity index (χ2n) is 8.28. The fourth-order valence-corrected chi connectivity index (χ4v) is 4.33. The van der Waals surface area contributed by atoms with Crippen molar-refractivity contribution in [3.63, 3.8) is 0 Å². The van der Waals surface area contributed by atoms with Crippen LogP contribution in [-0.2, 0) is 11.3 Å². The molecule has 1 aromatic rings. The van der Waals surface area contributed by atoms with Crippen LogP contribution in [0.25, 0.3) is 6.08 Å². The maximum atomic E-state index is 5.46. The Kier molecular flexibility index (Phi) is 8.65. The third-order valence-electron chi connectivity index (χ3n) is 6.13. The quantitative estimate of drug-likeness (QED) is 0.377. The second kappa shape index (κ2) is 11.4. The van der Waals surface area contributed by atoms with Gasteiger partial charge in [-0.1, -0.05) is 62.4 Å². The zero-order valence-electron chi connectivity index (χ0n) is 19.1. The number of allylic oxidation sites excluding steroid dienone is 4. The van der Waals surface area contributed by atoms with E-state index in [4.69, 9.17) is 9.73 Å². The number of ether oxygens (including phenoxy) is 1. The molecule has 0 radical (unpaired) electrons. The van der Waals surface area contributed by atoms with Crippen molar-refractivity contribution in [2.45, 2.75) is 53.0 Å². The summed E-state index contributed by atoms with van der Waals surface area (Å²) in [6, 6.07) is 6.60. The van der Waals surface area contributed by atoms with E-state index in [2.05, 4.69) is 54.8 Å². The summed E-state index contributed by atoms with van der Waals surface area (Å²) in [5.74, 6) is 1.63. The molecule has 1 saturated heterocycles. The zero-order chi connectivity index (χ0) is 21.3. The Balaban J connectivity index is 0.00000124. The average Bonchev–Trinajstić information content (AvgIpc) is 3.56.